The van der Waals surface area contributed by atoms with Gasteiger partial charge in [-0.3, -0.25) is 0 Å². The summed E-state index contributed by atoms with van der Waals surface area (Å²) in [4.78, 5) is 0. The van der Waals surface area contributed by atoms with E-state index in [4.69, 9.17) is 5.73 Å². The van der Waals surface area contributed by atoms with Crippen molar-refractivity contribution in [1.82, 2.24) is 0 Å². The van der Waals surface area contributed by atoms with E-state index in [0.717, 1.165) is 41.5 Å². The van der Waals surface area contributed by atoms with Crippen molar-refractivity contribution in [3.63, 3.8) is 0 Å². The topological polar surface area (TPSA) is 73.6 Å². The van der Waals surface area contributed by atoms with Crippen molar-refractivity contribution in [3.05, 3.63) is 52.1 Å². The Balaban J connectivity index is 2.29. The van der Waals surface area contributed by atoms with Crippen LogP contribution in [-0.2, 0) is 12.8 Å². The van der Waals surface area contributed by atoms with Gasteiger partial charge in [0.1, 0.15) is 12.1 Å². The van der Waals surface area contributed by atoms with Crippen molar-refractivity contribution < 1.29 is 0 Å². The second-order valence-corrected chi connectivity index (χ2v) is 7.34. The van der Waals surface area contributed by atoms with E-state index in [1.165, 1.54) is 5.56 Å². The van der Waals surface area contributed by atoms with Gasteiger partial charge < -0.3 is 5.73 Å². The molecular weight excluding hydrogens is 306 g/mol. The number of benzene rings is 2. The lowest BCUT2D eigenvalue weighted by molar-refractivity contribution is 0.501. The van der Waals surface area contributed by atoms with Crippen molar-refractivity contribution in [2.24, 2.45) is 5.92 Å². The van der Waals surface area contributed by atoms with Gasteiger partial charge in [-0.15, -0.1) is 0 Å². The Labute approximate surface area is 149 Å². The predicted molar refractivity (Wildman–Crippen MR) is 101 cm³/mol. The van der Waals surface area contributed by atoms with Crippen LogP contribution in [0.15, 0.2) is 24.3 Å². The number of nitrogens with two attached hydrogens (primary N) is 1. The monoisotopic (exact) mass is 329 g/mol. The SMILES string of the molecule is CC1CCc2c(c(C#N)c(N)c(C#N)c2-c2ccc(C(C)C)cc2)C1. The third-order valence-corrected chi connectivity index (χ3v) is 5.29. The molecule has 0 spiro atoms. The van der Waals surface area contributed by atoms with Crippen LogP contribution >= 0.6 is 0 Å². The van der Waals surface area contributed by atoms with Gasteiger partial charge in [0.15, 0.2) is 0 Å². The smallest absolute Gasteiger partial charge is 0.102 e. The van der Waals surface area contributed by atoms with E-state index in [1.807, 2.05) is 0 Å². The molecule has 0 heterocycles. The summed E-state index contributed by atoms with van der Waals surface area (Å²) in [6, 6.07) is 12.9. The molecule has 0 aromatic heterocycles. The summed E-state index contributed by atoms with van der Waals surface area (Å²) >= 11 is 0. The normalized spacial score (nSPS) is 16.2. The molecule has 0 saturated carbocycles. The number of fused-ring (bicyclic) bond motifs is 1. The van der Waals surface area contributed by atoms with Crippen LogP contribution in [0.1, 0.15) is 60.9 Å². The summed E-state index contributed by atoms with van der Waals surface area (Å²) in [6.07, 6.45) is 2.82. The highest BCUT2D eigenvalue weighted by molar-refractivity contribution is 5.85. The number of hydrogen-bond acceptors (Lipinski definition) is 3. The number of hydrogen-bond donors (Lipinski definition) is 1. The van der Waals surface area contributed by atoms with E-state index in [-0.39, 0.29) is 0 Å². The molecule has 0 bridgehead atoms. The number of nitrogen functional groups attached to an aromatic ring is 1. The van der Waals surface area contributed by atoms with Gasteiger partial charge in [-0.1, -0.05) is 45.0 Å². The van der Waals surface area contributed by atoms with Gasteiger partial charge in [-0.25, -0.2) is 0 Å². The molecule has 3 nitrogen and oxygen atoms in total. The maximum absolute atomic E-state index is 9.74. The summed E-state index contributed by atoms with van der Waals surface area (Å²) in [5, 5.41) is 19.3. The lowest BCUT2D eigenvalue weighted by Gasteiger charge is -2.27. The van der Waals surface area contributed by atoms with Crippen LogP contribution in [-0.4, -0.2) is 0 Å². The second kappa shape index (κ2) is 6.61. The fraction of sp³-hybridized carbons (Fsp3) is 0.364. The largest absolute Gasteiger partial charge is 0.397 e. The van der Waals surface area contributed by atoms with Crippen molar-refractivity contribution in [1.29, 1.82) is 10.5 Å². The van der Waals surface area contributed by atoms with E-state index >= 15 is 0 Å². The van der Waals surface area contributed by atoms with Crippen molar-refractivity contribution in [3.8, 4) is 23.3 Å². The molecule has 1 atom stereocenters. The third kappa shape index (κ3) is 2.87. The Kier molecular flexibility index (Phi) is 4.51. The molecule has 2 aromatic rings. The quantitative estimate of drug-likeness (QED) is 0.794. The standard InChI is InChI=1S/C22H23N3/c1-13(2)15-5-7-16(8-6-15)21-17-9-4-14(3)10-18(17)19(11-23)22(25)20(21)12-24/h5-8,13-14H,4,9-10,25H2,1-3H3. The maximum atomic E-state index is 9.74. The van der Waals surface area contributed by atoms with Gasteiger partial charge in [-0.05, 0) is 53.4 Å². The summed E-state index contributed by atoms with van der Waals surface area (Å²) in [6.45, 7) is 6.53. The summed E-state index contributed by atoms with van der Waals surface area (Å²) in [5.74, 6) is 0.994. The highest BCUT2D eigenvalue weighted by Crippen LogP contribution is 2.41. The Bertz CT molecular complexity index is 893. The van der Waals surface area contributed by atoms with Gasteiger partial charge in [0.25, 0.3) is 0 Å². The van der Waals surface area contributed by atoms with Crippen molar-refractivity contribution in [2.45, 2.75) is 46.0 Å². The van der Waals surface area contributed by atoms with Crippen LogP contribution in [0, 0.1) is 28.6 Å². The number of rotatable bonds is 2. The minimum Gasteiger partial charge on any atom is -0.397 e. The van der Waals surface area contributed by atoms with Crippen LogP contribution in [0.25, 0.3) is 11.1 Å². The lowest BCUT2D eigenvalue weighted by Crippen LogP contribution is -2.17. The van der Waals surface area contributed by atoms with Crippen LogP contribution in [0.4, 0.5) is 5.69 Å². The minimum absolute atomic E-state index is 0.334. The Morgan fingerprint density at radius 2 is 1.68 bits per heavy atom. The first-order chi connectivity index (χ1) is 12.0. The van der Waals surface area contributed by atoms with E-state index in [0.29, 0.717) is 28.7 Å². The summed E-state index contributed by atoms with van der Waals surface area (Å²) in [5.41, 5.74) is 12.9. The van der Waals surface area contributed by atoms with E-state index in [1.54, 1.807) is 0 Å². The fourth-order valence-corrected chi connectivity index (χ4v) is 3.81. The molecular formula is C22H23N3. The number of anilines is 1. The first-order valence-electron chi connectivity index (χ1n) is 8.85. The zero-order valence-corrected chi connectivity index (χ0v) is 15.1. The van der Waals surface area contributed by atoms with E-state index in [2.05, 4.69) is 57.2 Å². The fourth-order valence-electron chi connectivity index (χ4n) is 3.81. The zero-order valence-electron chi connectivity index (χ0n) is 15.1. The Hall–Kier alpha value is -2.78. The molecule has 1 aliphatic rings. The highest BCUT2D eigenvalue weighted by atomic mass is 14.6. The summed E-state index contributed by atoms with van der Waals surface area (Å²) in [7, 11) is 0. The average molecular weight is 329 g/mol. The van der Waals surface area contributed by atoms with E-state index in [9.17, 15) is 10.5 Å². The van der Waals surface area contributed by atoms with Crippen LogP contribution in [0.3, 0.4) is 0 Å². The number of nitrogens with zero attached hydrogens (tertiary/aromatic N) is 2. The van der Waals surface area contributed by atoms with Crippen LogP contribution < -0.4 is 5.73 Å². The van der Waals surface area contributed by atoms with Gasteiger partial charge in [0.05, 0.1) is 16.8 Å². The predicted octanol–water partition coefficient (Wildman–Crippen LogP) is 4.93. The molecule has 0 radical (unpaired) electrons. The summed E-state index contributed by atoms with van der Waals surface area (Å²) < 4.78 is 0. The highest BCUT2D eigenvalue weighted by Gasteiger charge is 2.27. The Morgan fingerprint density at radius 1 is 1.04 bits per heavy atom. The number of nitriles is 2. The molecule has 0 aliphatic heterocycles. The van der Waals surface area contributed by atoms with Gasteiger partial charge in [-0.2, -0.15) is 10.5 Å². The first-order valence-corrected chi connectivity index (χ1v) is 8.85. The molecule has 1 aliphatic carbocycles. The molecule has 0 amide bonds. The molecule has 3 rings (SSSR count). The molecule has 25 heavy (non-hydrogen) atoms. The molecule has 1 unspecified atom stereocenters. The molecule has 3 heteroatoms. The second-order valence-electron chi connectivity index (χ2n) is 7.34. The van der Waals surface area contributed by atoms with Gasteiger partial charge >= 0.3 is 0 Å². The molecule has 126 valence electrons. The molecule has 2 N–H and O–H groups in total. The zero-order chi connectivity index (χ0) is 18.1. The van der Waals surface area contributed by atoms with Crippen LogP contribution in [0.5, 0.6) is 0 Å². The van der Waals surface area contributed by atoms with Gasteiger partial charge in [0.2, 0.25) is 0 Å². The maximum Gasteiger partial charge on any atom is 0.102 e. The lowest BCUT2D eigenvalue weighted by atomic mass is 9.76. The molecule has 0 saturated heterocycles. The van der Waals surface area contributed by atoms with Gasteiger partial charge in [0, 0.05) is 5.56 Å². The average Bonchev–Trinajstić information content (AvgIpc) is 2.60. The minimum atomic E-state index is 0.334. The first kappa shape index (κ1) is 17.1. The van der Waals surface area contributed by atoms with Crippen molar-refractivity contribution >= 4 is 5.69 Å². The van der Waals surface area contributed by atoms with Crippen molar-refractivity contribution in [2.75, 3.05) is 5.73 Å². The van der Waals surface area contributed by atoms with Crippen LogP contribution in [0.2, 0.25) is 0 Å². The Morgan fingerprint density at radius 3 is 2.24 bits per heavy atom. The molecule has 2 aromatic carbocycles. The third-order valence-electron chi connectivity index (χ3n) is 5.29. The molecule has 0 fully saturated rings. The van der Waals surface area contributed by atoms with E-state index < -0.39 is 0 Å².